The Morgan fingerprint density at radius 3 is 2.81 bits per heavy atom. The Hall–Kier alpha value is -2.58. The van der Waals surface area contributed by atoms with Crippen LogP contribution < -0.4 is 10.6 Å². The molecule has 134 valence electrons. The molecule has 2 N–H and O–H groups in total. The summed E-state index contributed by atoms with van der Waals surface area (Å²) >= 11 is 6.85. The van der Waals surface area contributed by atoms with E-state index >= 15 is 0 Å². The van der Waals surface area contributed by atoms with Crippen molar-refractivity contribution < 1.29 is 4.79 Å². The quantitative estimate of drug-likeness (QED) is 0.830. The first kappa shape index (κ1) is 15.5. The van der Waals surface area contributed by atoms with Crippen LogP contribution in [-0.4, -0.2) is 17.4 Å². The molecule has 4 aliphatic rings. The Kier molecular flexibility index (Phi) is 2.76. The number of hydrogen-bond acceptors (Lipinski definition) is 4. The van der Waals surface area contributed by atoms with E-state index in [9.17, 15) is 10.1 Å². The van der Waals surface area contributed by atoms with Gasteiger partial charge in [-0.25, -0.2) is 4.98 Å². The molecule has 1 spiro atoms. The van der Waals surface area contributed by atoms with Crippen LogP contribution >= 0.6 is 11.6 Å². The summed E-state index contributed by atoms with van der Waals surface area (Å²) in [6, 6.07) is 8.14. The van der Waals surface area contributed by atoms with E-state index in [-0.39, 0.29) is 17.2 Å². The molecule has 2 saturated carbocycles. The Morgan fingerprint density at radius 2 is 2.11 bits per heavy atom. The van der Waals surface area contributed by atoms with Gasteiger partial charge in [-0.1, -0.05) is 17.7 Å². The van der Waals surface area contributed by atoms with Crippen molar-refractivity contribution in [2.75, 3.05) is 17.2 Å². The van der Waals surface area contributed by atoms with Crippen LogP contribution in [0.15, 0.2) is 24.4 Å². The predicted octanol–water partition coefficient (Wildman–Crippen LogP) is 3.98. The molecule has 27 heavy (non-hydrogen) atoms. The van der Waals surface area contributed by atoms with Crippen molar-refractivity contribution in [3.8, 4) is 17.2 Å². The van der Waals surface area contributed by atoms with Crippen molar-refractivity contribution >= 4 is 29.0 Å². The number of pyridine rings is 1. The summed E-state index contributed by atoms with van der Waals surface area (Å²) in [6.07, 6.45) is 5.91. The van der Waals surface area contributed by atoms with Crippen LogP contribution in [0.2, 0.25) is 5.02 Å². The topological polar surface area (TPSA) is 77.8 Å². The minimum atomic E-state index is -1.07. The normalized spacial score (nSPS) is 26.1. The monoisotopic (exact) mass is 376 g/mol. The number of nitrogens with zero attached hydrogens (tertiary/aromatic N) is 2. The van der Waals surface area contributed by atoms with E-state index in [1.807, 2.05) is 18.2 Å². The fourth-order valence-corrected chi connectivity index (χ4v) is 5.29. The molecule has 3 heterocycles. The summed E-state index contributed by atoms with van der Waals surface area (Å²) < 4.78 is 0. The van der Waals surface area contributed by atoms with Gasteiger partial charge in [0.1, 0.15) is 5.82 Å². The number of nitriles is 1. The van der Waals surface area contributed by atoms with Gasteiger partial charge in [-0.15, -0.1) is 0 Å². The maximum Gasteiger partial charge on any atom is 0.249 e. The van der Waals surface area contributed by atoms with Gasteiger partial charge in [0.25, 0.3) is 0 Å². The summed E-state index contributed by atoms with van der Waals surface area (Å²) in [5.41, 5.74) is 3.51. The van der Waals surface area contributed by atoms with Crippen molar-refractivity contribution in [1.29, 1.82) is 5.26 Å². The summed E-state index contributed by atoms with van der Waals surface area (Å²) in [6.45, 7) is 0.903. The van der Waals surface area contributed by atoms with Crippen LogP contribution in [0.25, 0.3) is 11.1 Å². The summed E-state index contributed by atoms with van der Waals surface area (Å²) in [4.78, 5) is 17.2. The van der Waals surface area contributed by atoms with Gasteiger partial charge in [-0.3, -0.25) is 4.79 Å². The van der Waals surface area contributed by atoms with E-state index in [4.69, 9.17) is 11.6 Å². The van der Waals surface area contributed by atoms with Gasteiger partial charge in [0.15, 0.2) is 5.41 Å². The first-order chi connectivity index (χ1) is 13.1. The number of nitrogens with one attached hydrogen (secondary N) is 2. The zero-order valence-electron chi connectivity index (χ0n) is 14.6. The van der Waals surface area contributed by atoms with Gasteiger partial charge in [-0.2, -0.15) is 5.26 Å². The average Bonchev–Trinajstić information content (AvgIpc) is 3.57. The number of benzene rings is 1. The molecule has 2 aromatic rings. The Bertz CT molecular complexity index is 1080. The SMILES string of the molecule is N#CC1(C2CC2)C(=O)Nc2ccc(-c3cnc4c(c3Cl)C3(CC3)CN4)cc21. The van der Waals surface area contributed by atoms with E-state index in [0.29, 0.717) is 0 Å². The van der Waals surface area contributed by atoms with Gasteiger partial charge in [0, 0.05) is 40.5 Å². The summed E-state index contributed by atoms with van der Waals surface area (Å²) in [5.74, 6) is 0.800. The highest BCUT2D eigenvalue weighted by Gasteiger charge is 2.57. The molecule has 5 nitrogen and oxygen atoms in total. The average molecular weight is 377 g/mol. The molecule has 0 bridgehead atoms. The van der Waals surface area contributed by atoms with Gasteiger partial charge in [-0.05, 0) is 49.3 Å². The lowest BCUT2D eigenvalue weighted by Crippen LogP contribution is -2.35. The van der Waals surface area contributed by atoms with E-state index in [1.165, 1.54) is 0 Å². The molecule has 0 radical (unpaired) electrons. The number of rotatable bonds is 2. The molecular formula is C21H17ClN4O. The first-order valence-electron chi connectivity index (χ1n) is 9.39. The third-order valence-corrected chi connectivity index (χ3v) is 7.11. The molecule has 0 saturated heterocycles. The minimum Gasteiger partial charge on any atom is -0.369 e. The molecule has 2 aliphatic heterocycles. The predicted molar refractivity (Wildman–Crippen MR) is 103 cm³/mol. The van der Waals surface area contributed by atoms with Crippen LogP contribution in [0.3, 0.4) is 0 Å². The molecule has 6 rings (SSSR count). The number of fused-ring (bicyclic) bond motifs is 3. The van der Waals surface area contributed by atoms with Crippen molar-refractivity contribution in [1.82, 2.24) is 4.98 Å². The fourth-order valence-electron chi connectivity index (χ4n) is 4.84. The van der Waals surface area contributed by atoms with Crippen LogP contribution in [0.4, 0.5) is 11.5 Å². The lowest BCUT2D eigenvalue weighted by Gasteiger charge is -2.19. The van der Waals surface area contributed by atoms with Crippen LogP contribution in [0.5, 0.6) is 0 Å². The van der Waals surface area contributed by atoms with Crippen molar-refractivity contribution in [2.45, 2.75) is 36.5 Å². The first-order valence-corrected chi connectivity index (χ1v) is 9.77. The second-order valence-corrected chi connectivity index (χ2v) is 8.63. The molecule has 1 amide bonds. The molecule has 1 atom stereocenters. The standard InChI is InChI=1S/C21H17ClN4O/c22-17-13(8-24-18-16(17)20(5-6-20)10-25-18)11-1-4-15-14(7-11)21(9-23,12-2-3-12)19(27)26-15/h1,4,7-8,12H,2-3,5-6,10H2,(H,24,25)(H,26,27). The van der Waals surface area contributed by atoms with Crippen molar-refractivity contribution in [3.05, 3.63) is 40.5 Å². The zero-order valence-corrected chi connectivity index (χ0v) is 15.4. The highest BCUT2D eigenvalue weighted by Crippen LogP contribution is 2.58. The van der Waals surface area contributed by atoms with Gasteiger partial charge < -0.3 is 10.6 Å². The minimum absolute atomic E-state index is 0.103. The number of halogens is 1. The van der Waals surface area contributed by atoms with Crippen LogP contribution in [-0.2, 0) is 15.6 Å². The van der Waals surface area contributed by atoms with Gasteiger partial charge >= 0.3 is 0 Å². The largest absolute Gasteiger partial charge is 0.369 e. The van der Waals surface area contributed by atoms with Gasteiger partial charge in [0.05, 0.1) is 11.1 Å². The van der Waals surface area contributed by atoms with Gasteiger partial charge in [0.2, 0.25) is 5.91 Å². The molecule has 6 heteroatoms. The molecule has 1 unspecified atom stereocenters. The summed E-state index contributed by atoms with van der Waals surface area (Å²) in [7, 11) is 0. The number of amides is 1. The number of anilines is 2. The van der Waals surface area contributed by atoms with Crippen LogP contribution in [0.1, 0.15) is 36.8 Å². The molecule has 1 aromatic carbocycles. The van der Waals surface area contributed by atoms with E-state index in [0.717, 1.165) is 71.0 Å². The zero-order chi connectivity index (χ0) is 18.4. The van der Waals surface area contributed by atoms with Crippen LogP contribution in [0, 0.1) is 17.2 Å². The third kappa shape index (κ3) is 1.84. The van der Waals surface area contributed by atoms with Crippen molar-refractivity contribution in [2.24, 2.45) is 5.92 Å². The summed E-state index contributed by atoms with van der Waals surface area (Å²) in [5, 5.41) is 16.9. The Morgan fingerprint density at radius 1 is 1.30 bits per heavy atom. The van der Waals surface area contributed by atoms with E-state index < -0.39 is 5.41 Å². The smallest absolute Gasteiger partial charge is 0.249 e. The number of hydrogen-bond donors (Lipinski definition) is 2. The Balaban J connectivity index is 1.52. The second kappa shape index (κ2) is 4.82. The molecule has 2 aliphatic carbocycles. The fraction of sp³-hybridized carbons (Fsp3) is 0.381. The number of carbonyl (C=O) groups is 1. The number of carbonyl (C=O) groups excluding carboxylic acids is 1. The van der Waals surface area contributed by atoms with E-state index in [1.54, 1.807) is 6.20 Å². The van der Waals surface area contributed by atoms with Crippen molar-refractivity contribution in [3.63, 3.8) is 0 Å². The molecule has 1 aromatic heterocycles. The lowest BCUT2D eigenvalue weighted by molar-refractivity contribution is -0.119. The molecule has 2 fully saturated rings. The lowest BCUT2D eigenvalue weighted by atomic mass is 9.77. The van der Waals surface area contributed by atoms with E-state index in [2.05, 4.69) is 21.7 Å². The Labute approximate surface area is 161 Å². The highest BCUT2D eigenvalue weighted by atomic mass is 35.5. The number of aromatic nitrogens is 1. The second-order valence-electron chi connectivity index (χ2n) is 8.25. The third-order valence-electron chi connectivity index (χ3n) is 6.72. The highest BCUT2D eigenvalue weighted by molar-refractivity contribution is 6.34. The maximum absolute atomic E-state index is 12.6. The molecular weight excluding hydrogens is 360 g/mol. The maximum atomic E-state index is 12.6.